The van der Waals surface area contributed by atoms with Gasteiger partial charge in [0.2, 0.25) is 0 Å². The highest BCUT2D eigenvalue weighted by atomic mass is 127. The monoisotopic (exact) mass is 468 g/mol. The number of nitrogens with two attached hydrogens (primary N) is 1. The minimum absolute atomic E-state index is 0. The Morgan fingerprint density at radius 3 is 2.77 bits per heavy atom. The maximum Gasteiger partial charge on any atom is 0.193 e. The van der Waals surface area contributed by atoms with Crippen LogP contribution in [-0.4, -0.2) is 50.3 Å². The van der Waals surface area contributed by atoms with Crippen molar-refractivity contribution >= 4 is 35.6 Å². The first-order chi connectivity index (χ1) is 12.2. The third kappa shape index (κ3) is 6.47. The number of guanidine groups is 1. The maximum absolute atomic E-state index is 5.99. The zero-order valence-electron chi connectivity index (χ0n) is 14.8. The van der Waals surface area contributed by atoms with Crippen LogP contribution < -0.4 is 15.8 Å². The Labute approximate surface area is 171 Å². The Kier molecular flexibility index (Phi) is 8.14. The van der Waals surface area contributed by atoms with Gasteiger partial charge in [0.1, 0.15) is 11.5 Å². The summed E-state index contributed by atoms with van der Waals surface area (Å²) in [5.74, 6) is 1.90. The fraction of sp³-hybridized carbons (Fsp3) is 0.316. The molecule has 26 heavy (non-hydrogen) atoms. The van der Waals surface area contributed by atoms with E-state index in [-0.39, 0.29) is 30.1 Å². The van der Waals surface area contributed by atoms with Crippen molar-refractivity contribution in [3.8, 4) is 11.5 Å². The van der Waals surface area contributed by atoms with Gasteiger partial charge in [-0.3, -0.25) is 4.99 Å². The molecule has 3 rings (SSSR count). The first-order valence-electron chi connectivity index (χ1n) is 8.39. The van der Waals surface area contributed by atoms with Crippen LogP contribution in [0.3, 0.4) is 0 Å². The lowest BCUT2D eigenvalue weighted by Gasteiger charge is -2.29. The van der Waals surface area contributed by atoms with Gasteiger partial charge in [-0.1, -0.05) is 24.3 Å². The van der Waals surface area contributed by atoms with E-state index in [2.05, 4.69) is 22.3 Å². The number of para-hydroxylation sites is 1. The quantitative estimate of drug-likeness (QED) is 0.401. The summed E-state index contributed by atoms with van der Waals surface area (Å²) in [5, 5.41) is 3.10. The first-order valence-corrected chi connectivity index (χ1v) is 8.39. The number of benzene rings is 2. The Morgan fingerprint density at radius 1 is 1.23 bits per heavy atom. The smallest absolute Gasteiger partial charge is 0.193 e. The highest BCUT2D eigenvalue weighted by Gasteiger charge is 2.17. The van der Waals surface area contributed by atoms with E-state index in [0.717, 1.165) is 36.9 Å². The molecule has 7 heteroatoms. The van der Waals surface area contributed by atoms with E-state index in [9.17, 15) is 0 Å². The first kappa shape index (κ1) is 20.5. The third-order valence-electron chi connectivity index (χ3n) is 3.89. The molecule has 0 aliphatic carbocycles. The predicted molar refractivity (Wildman–Crippen MR) is 116 cm³/mol. The molecule has 0 aromatic heterocycles. The summed E-state index contributed by atoms with van der Waals surface area (Å²) >= 11 is 0. The largest absolute Gasteiger partial charge is 0.457 e. The van der Waals surface area contributed by atoms with Crippen molar-refractivity contribution < 1.29 is 9.47 Å². The van der Waals surface area contributed by atoms with Crippen molar-refractivity contribution in [2.45, 2.75) is 6.10 Å². The van der Waals surface area contributed by atoms with Crippen molar-refractivity contribution in [2.24, 2.45) is 10.7 Å². The Bertz CT molecular complexity index is 712. The SMILES string of the molecule is CN1CCOC(CN=C(N)Nc2cccc(Oc3ccccc3)c2)C1.I. The highest BCUT2D eigenvalue weighted by Crippen LogP contribution is 2.23. The number of nitrogens with one attached hydrogen (secondary N) is 1. The minimum Gasteiger partial charge on any atom is -0.457 e. The maximum atomic E-state index is 5.99. The zero-order valence-corrected chi connectivity index (χ0v) is 17.1. The Hall–Kier alpha value is -1.84. The molecule has 1 aliphatic heterocycles. The number of ether oxygens (including phenoxy) is 2. The van der Waals surface area contributed by atoms with Gasteiger partial charge in [-0.2, -0.15) is 0 Å². The van der Waals surface area contributed by atoms with Crippen LogP contribution in [0.1, 0.15) is 0 Å². The van der Waals surface area contributed by atoms with Gasteiger partial charge in [-0.15, -0.1) is 24.0 Å². The lowest BCUT2D eigenvalue weighted by molar-refractivity contribution is -0.0136. The number of aliphatic imine (C=N–C) groups is 1. The number of hydrogen-bond acceptors (Lipinski definition) is 4. The normalized spacial score (nSPS) is 18.0. The number of hydrogen-bond donors (Lipinski definition) is 2. The van der Waals surface area contributed by atoms with Gasteiger partial charge in [-0.25, -0.2) is 0 Å². The third-order valence-corrected chi connectivity index (χ3v) is 3.89. The van der Waals surface area contributed by atoms with E-state index in [0.29, 0.717) is 12.5 Å². The Balaban J connectivity index is 0.00000243. The molecule has 0 radical (unpaired) electrons. The molecule has 1 aliphatic rings. The van der Waals surface area contributed by atoms with Gasteiger partial charge < -0.3 is 25.4 Å². The van der Waals surface area contributed by atoms with Gasteiger partial charge in [0.15, 0.2) is 5.96 Å². The highest BCUT2D eigenvalue weighted by molar-refractivity contribution is 14.0. The van der Waals surface area contributed by atoms with Crippen LogP contribution in [0.5, 0.6) is 11.5 Å². The summed E-state index contributed by atoms with van der Waals surface area (Å²) in [6.07, 6.45) is 0.0897. The van der Waals surface area contributed by atoms with Crippen LogP contribution in [0.15, 0.2) is 59.6 Å². The molecule has 2 aromatic carbocycles. The van der Waals surface area contributed by atoms with Crippen molar-refractivity contribution in [3.63, 3.8) is 0 Å². The second-order valence-electron chi connectivity index (χ2n) is 6.05. The van der Waals surface area contributed by atoms with Crippen LogP contribution in [0.2, 0.25) is 0 Å². The van der Waals surface area contributed by atoms with E-state index in [4.69, 9.17) is 15.2 Å². The van der Waals surface area contributed by atoms with Crippen molar-refractivity contribution in [2.75, 3.05) is 38.6 Å². The summed E-state index contributed by atoms with van der Waals surface area (Å²) in [6, 6.07) is 17.3. The van der Waals surface area contributed by atoms with Gasteiger partial charge in [-0.05, 0) is 31.3 Å². The molecule has 1 atom stereocenters. The number of rotatable bonds is 5. The molecule has 6 nitrogen and oxygen atoms in total. The second kappa shape index (κ2) is 10.3. The van der Waals surface area contributed by atoms with Crippen molar-refractivity contribution in [3.05, 3.63) is 54.6 Å². The lowest BCUT2D eigenvalue weighted by atomic mass is 10.3. The van der Waals surface area contributed by atoms with Gasteiger partial charge >= 0.3 is 0 Å². The Morgan fingerprint density at radius 2 is 2.00 bits per heavy atom. The number of nitrogens with zero attached hydrogens (tertiary/aromatic N) is 2. The standard InChI is InChI=1S/C19H24N4O2.HI/c1-23-10-11-24-18(14-23)13-21-19(20)22-15-6-5-9-17(12-15)25-16-7-3-2-4-8-16;/h2-9,12,18H,10-11,13-14H2,1H3,(H3,20,21,22);1H. The van der Waals surface area contributed by atoms with E-state index < -0.39 is 0 Å². The van der Waals surface area contributed by atoms with Crippen LogP contribution in [-0.2, 0) is 4.74 Å². The van der Waals surface area contributed by atoms with E-state index in [1.807, 2.05) is 54.6 Å². The van der Waals surface area contributed by atoms with E-state index in [1.54, 1.807) is 0 Å². The molecule has 140 valence electrons. The topological polar surface area (TPSA) is 72.1 Å². The predicted octanol–water partition coefficient (Wildman–Crippen LogP) is 3.15. The van der Waals surface area contributed by atoms with Gasteiger partial charge in [0.05, 0.1) is 19.3 Å². The average Bonchev–Trinajstić information content (AvgIpc) is 2.61. The van der Waals surface area contributed by atoms with Crippen molar-refractivity contribution in [1.82, 2.24) is 4.90 Å². The number of morpholine rings is 1. The molecule has 0 saturated carbocycles. The fourth-order valence-electron chi connectivity index (χ4n) is 2.63. The molecule has 0 amide bonds. The zero-order chi connectivity index (χ0) is 17.5. The lowest BCUT2D eigenvalue weighted by Crippen LogP contribution is -2.41. The van der Waals surface area contributed by atoms with Crippen LogP contribution >= 0.6 is 24.0 Å². The number of halogens is 1. The molecule has 1 fully saturated rings. The summed E-state index contributed by atoms with van der Waals surface area (Å²) in [6.45, 7) is 3.12. The molecule has 0 bridgehead atoms. The van der Waals surface area contributed by atoms with Crippen LogP contribution in [0.25, 0.3) is 0 Å². The molecule has 3 N–H and O–H groups in total. The summed E-state index contributed by atoms with van der Waals surface area (Å²) in [4.78, 5) is 6.62. The van der Waals surface area contributed by atoms with Gasteiger partial charge in [0, 0.05) is 24.8 Å². The molecule has 1 unspecified atom stereocenters. The fourth-order valence-corrected chi connectivity index (χ4v) is 2.63. The van der Waals surface area contributed by atoms with Crippen LogP contribution in [0.4, 0.5) is 5.69 Å². The second-order valence-corrected chi connectivity index (χ2v) is 6.05. The molecule has 2 aromatic rings. The average molecular weight is 468 g/mol. The van der Waals surface area contributed by atoms with Crippen LogP contribution in [0, 0.1) is 0 Å². The van der Waals surface area contributed by atoms with E-state index in [1.165, 1.54) is 0 Å². The number of likely N-dealkylation sites (N-methyl/N-ethyl adjacent to an activating group) is 1. The summed E-state index contributed by atoms with van der Waals surface area (Å²) in [7, 11) is 2.08. The summed E-state index contributed by atoms with van der Waals surface area (Å²) < 4.78 is 11.5. The summed E-state index contributed by atoms with van der Waals surface area (Å²) in [5.41, 5.74) is 6.82. The molecule has 0 spiro atoms. The van der Waals surface area contributed by atoms with Gasteiger partial charge in [0.25, 0.3) is 0 Å². The van der Waals surface area contributed by atoms with E-state index >= 15 is 0 Å². The number of anilines is 1. The molecule has 1 heterocycles. The molecular weight excluding hydrogens is 443 g/mol. The van der Waals surface area contributed by atoms with Crippen molar-refractivity contribution in [1.29, 1.82) is 0 Å². The molecular formula is C19H25IN4O2. The molecule has 1 saturated heterocycles. The minimum atomic E-state index is 0.